The van der Waals surface area contributed by atoms with E-state index in [0.29, 0.717) is 0 Å². The average Bonchev–Trinajstić information content (AvgIpc) is 2.02. The lowest BCUT2D eigenvalue weighted by atomic mass is 10.2. The minimum atomic E-state index is -0.620. The molecule has 0 saturated heterocycles. The van der Waals surface area contributed by atoms with Crippen LogP contribution in [0.4, 0.5) is 0 Å². The van der Waals surface area contributed by atoms with Crippen LogP contribution in [0.25, 0.3) is 0 Å². The third kappa shape index (κ3) is 9.60. The average molecular weight is 187 g/mol. The molecule has 2 nitrogen and oxygen atoms in total. The molecule has 70 valence electrons. The van der Waals surface area contributed by atoms with E-state index in [1.807, 2.05) is 0 Å². The van der Waals surface area contributed by atoms with Gasteiger partial charge in [-0.25, -0.2) is 4.99 Å². The molecule has 0 spiro atoms. The standard InChI is InChI=1S/C9H17NOS/c1-3-10-8-6-4-5-7-9-12(2)11/h1,4-9H2,2H3/t12-/m1/s1. The molecular formula is C9H17NOS. The van der Waals surface area contributed by atoms with Gasteiger partial charge in [0, 0.05) is 29.4 Å². The normalized spacial score (nSPS) is 12.1. The van der Waals surface area contributed by atoms with E-state index < -0.39 is 10.8 Å². The first-order valence-electron chi connectivity index (χ1n) is 4.26. The topological polar surface area (TPSA) is 29.4 Å². The van der Waals surface area contributed by atoms with Gasteiger partial charge in [0.05, 0.1) is 0 Å². The number of rotatable bonds is 7. The van der Waals surface area contributed by atoms with Crippen molar-refractivity contribution in [3.05, 3.63) is 6.58 Å². The Labute approximate surface area is 77.2 Å². The summed E-state index contributed by atoms with van der Waals surface area (Å²) in [5, 5.41) is 0. The number of nitrogens with zero attached hydrogens (tertiary/aromatic N) is 1. The summed E-state index contributed by atoms with van der Waals surface area (Å²) in [6, 6.07) is 0. The van der Waals surface area contributed by atoms with Crippen LogP contribution in [0.5, 0.6) is 0 Å². The molecule has 0 heterocycles. The molecule has 0 amide bonds. The van der Waals surface area contributed by atoms with Gasteiger partial charge in [-0.15, -0.1) is 0 Å². The Balaban J connectivity index is 3.00. The van der Waals surface area contributed by atoms with E-state index in [-0.39, 0.29) is 0 Å². The van der Waals surface area contributed by atoms with Crippen molar-refractivity contribution in [2.24, 2.45) is 4.99 Å². The van der Waals surface area contributed by atoms with Gasteiger partial charge in [-0.3, -0.25) is 4.21 Å². The second-order valence-corrected chi connectivity index (χ2v) is 4.29. The molecule has 0 rings (SSSR count). The van der Waals surface area contributed by atoms with Gasteiger partial charge in [0.25, 0.3) is 0 Å². The van der Waals surface area contributed by atoms with Crippen LogP contribution in [-0.2, 0) is 10.8 Å². The van der Waals surface area contributed by atoms with Crippen LogP contribution in [0.3, 0.4) is 0 Å². The number of unbranched alkanes of at least 4 members (excludes halogenated alkanes) is 3. The van der Waals surface area contributed by atoms with Crippen LogP contribution in [0.15, 0.2) is 11.6 Å². The van der Waals surface area contributed by atoms with E-state index in [1.165, 1.54) is 6.42 Å². The summed E-state index contributed by atoms with van der Waals surface area (Å²) >= 11 is 0. The molecule has 0 aromatic rings. The highest BCUT2D eigenvalue weighted by Gasteiger charge is 1.91. The molecule has 0 radical (unpaired) electrons. The smallest absolute Gasteiger partial charge is 0.0483 e. The predicted octanol–water partition coefficient (Wildman–Crippen LogP) is 1.78. The fourth-order valence-electron chi connectivity index (χ4n) is 0.929. The van der Waals surface area contributed by atoms with Crippen molar-refractivity contribution in [2.45, 2.75) is 25.7 Å². The van der Waals surface area contributed by atoms with E-state index >= 15 is 0 Å². The van der Waals surface area contributed by atoms with E-state index in [4.69, 9.17) is 0 Å². The zero-order chi connectivity index (χ0) is 9.23. The van der Waals surface area contributed by atoms with Crippen LogP contribution in [0, 0.1) is 0 Å². The van der Waals surface area contributed by atoms with Gasteiger partial charge in [-0.05, 0) is 25.3 Å². The van der Waals surface area contributed by atoms with Crippen molar-refractivity contribution in [2.75, 3.05) is 18.6 Å². The summed E-state index contributed by atoms with van der Waals surface area (Å²) in [5.41, 5.74) is 0. The maximum atomic E-state index is 10.7. The SMILES string of the molecule is C=C=NCCCCCC[S@@](C)=O. The predicted molar refractivity (Wildman–Crippen MR) is 55.3 cm³/mol. The molecule has 12 heavy (non-hydrogen) atoms. The highest BCUT2D eigenvalue weighted by Crippen LogP contribution is 2.00. The Bertz CT molecular complexity index is 167. The third-order valence-corrected chi connectivity index (χ3v) is 2.43. The van der Waals surface area contributed by atoms with E-state index in [9.17, 15) is 4.21 Å². The molecule has 3 heteroatoms. The Hall–Kier alpha value is -0.400. The fraction of sp³-hybridized carbons (Fsp3) is 0.778. The van der Waals surface area contributed by atoms with Crippen molar-refractivity contribution in [1.29, 1.82) is 0 Å². The zero-order valence-electron chi connectivity index (χ0n) is 7.71. The summed E-state index contributed by atoms with van der Waals surface area (Å²) in [6.07, 6.45) is 6.25. The first kappa shape index (κ1) is 11.6. The first-order chi connectivity index (χ1) is 5.77. The first-order valence-corrected chi connectivity index (χ1v) is 5.98. The Morgan fingerprint density at radius 2 is 2.00 bits per heavy atom. The lowest BCUT2D eigenvalue weighted by molar-refractivity contribution is 0.662. The molecule has 0 aliphatic heterocycles. The van der Waals surface area contributed by atoms with E-state index in [2.05, 4.69) is 17.4 Å². The van der Waals surface area contributed by atoms with E-state index in [0.717, 1.165) is 31.6 Å². The van der Waals surface area contributed by atoms with Crippen LogP contribution < -0.4 is 0 Å². The van der Waals surface area contributed by atoms with E-state index in [1.54, 1.807) is 6.26 Å². The number of hydrogen-bond donors (Lipinski definition) is 0. The van der Waals surface area contributed by atoms with Crippen LogP contribution >= 0.6 is 0 Å². The lowest BCUT2D eigenvalue weighted by Gasteiger charge is -1.96. The van der Waals surface area contributed by atoms with Crippen molar-refractivity contribution < 1.29 is 4.21 Å². The van der Waals surface area contributed by atoms with Gasteiger partial charge in [0.2, 0.25) is 0 Å². The summed E-state index contributed by atoms with van der Waals surface area (Å²) in [4.78, 5) is 3.88. The van der Waals surface area contributed by atoms with Crippen LogP contribution in [0.2, 0.25) is 0 Å². The molecule has 0 aliphatic carbocycles. The van der Waals surface area contributed by atoms with Crippen molar-refractivity contribution in [3.63, 3.8) is 0 Å². The maximum absolute atomic E-state index is 10.7. The molecule has 0 unspecified atom stereocenters. The van der Waals surface area contributed by atoms with Gasteiger partial charge >= 0.3 is 0 Å². The second-order valence-electron chi connectivity index (χ2n) is 2.73. The molecule has 0 fully saturated rings. The van der Waals surface area contributed by atoms with Gasteiger partial charge in [0.15, 0.2) is 0 Å². The molecule has 0 N–H and O–H groups in total. The largest absolute Gasteiger partial charge is 0.260 e. The maximum Gasteiger partial charge on any atom is 0.0483 e. The zero-order valence-corrected chi connectivity index (χ0v) is 8.53. The summed E-state index contributed by atoms with van der Waals surface area (Å²) < 4.78 is 10.7. The molecule has 1 atom stereocenters. The lowest BCUT2D eigenvalue weighted by Crippen LogP contribution is -1.93. The Morgan fingerprint density at radius 1 is 1.33 bits per heavy atom. The van der Waals surface area contributed by atoms with Gasteiger partial charge in [-0.2, -0.15) is 0 Å². The molecular weight excluding hydrogens is 170 g/mol. The summed E-state index contributed by atoms with van der Waals surface area (Å²) in [5.74, 6) is 3.34. The quantitative estimate of drug-likeness (QED) is 0.441. The van der Waals surface area contributed by atoms with Crippen LogP contribution in [-0.4, -0.2) is 28.6 Å². The molecule has 0 aliphatic rings. The van der Waals surface area contributed by atoms with Crippen LogP contribution in [0.1, 0.15) is 25.7 Å². The number of hydrogen-bond acceptors (Lipinski definition) is 2. The molecule has 0 bridgehead atoms. The molecule has 0 aromatic carbocycles. The third-order valence-electron chi connectivity index (χ3n) is 1.56. The van der Waals surface area contributed by atoms with Crippen molar-refractivity contribution in [3.8, 4) is 0 Å². The number of aliphatic imine (C=N–C) groups is 1. The minimum Gasteiger partial charge on any atom is -0.260 e. The molecule has 0 saturated carbocycles. The second kappa shape index (κ2) is 8.69. The minimum absolute atomic E-state index is 0.620. The molecule has 0 aromatic heterocycles. The van der Waals surface area contributed by atoms with Gasteiger partial charge < -0.3 is 0 Å². The van der Waals surface area contributed by atoms with Gasteiger partial charge in [0.1, 0.15) is 0 Å². The Morgan fingerprint density at radius 3 is 2.58 bits per heavy atom. The Kier molecular flexibility index (Phi) is 8.40. The fourth-order valence-corrected chi connectivity index (χ4v) is 1.54. The highest BCUT2D eigenvalue weighted by atomic mass is 32.2. The monoisotopic (exact) mass is 187 g/mol. The highest BCUT2D eigenvalue weighted by molar-refractivity contribution is 7.84. The summed E-state index contributed by atoms with van der Waals surface area (Å²) in [6.45, 7) is 4.22. The van der Waals surface area contributed by atoms with Crippen molar-refractivity contribution >= 4 is 16.7 Å². The van der Waals surface area contributed by atoms with Gasteiger partial charge in [-0.1, -0.05) is 12.8 Å². The van der Waals surface area contributed by atoms with Crippen molar-refractivity contribution in [1.82, 2.24) is 0 Å². The summed E-state index contributed by atoms with van der Waals surface area (Å²) in [7, 11) is -0.620.